The molecule has 0 bridgehead atoms. The summed E-state index contributed by atoms with van der Waals surface area (Å²) in [5.74, 6) is 0.912. The zero-order valence-electron chi connectivity index (χ0n) is 35.7. The van der Waals surface area contributed by atoms with Gasteiger partial charge in [-0.1, -0.05) is 251 Å². The minimum atomic E-state index is 0.0292. The van der Waals surface area contributed by atoms with Gasteiger partial charge in [0.1, 0.15) is 0 Å². The van der Waals surface area contributed by atoms with Gasteiger partial charge in [0.2, 0.25) is 0 Å². The first-order valence-corrected chi connectivity index (χ1v) is 24.0. The minimum Gasteiger partial charge on any atom is -0.466 e. The van der Waals surface area contributed by atoms with E-state index in [0.717, 1.165) is 18.8 Å². The molecule has 0 rings (SSSR count). The van der Waals surface area contributed by atoms with Gasteiger partial charge in [-0.25, -0.2) is 0 Å². The molecule has 0 fully saturated rings. The summed E-state index contributed by atoms with van der Waals surface area (Å²) in [7, 11) is 0. The maximum Gasteiger partial charge on any atom is 0.305 e. The van der Waals surface area contributed by atoms with Gasteiger partial charge in [0.25, 0.3) is 0 Å². The van der Waals surface area contributed by atoms with Gasteiger partial charge in [-0.2, -0.15) is 0 Å². The number of carbonyl (C=O) groups excluding carboxylic acids is 1. The first-order chi connectivity index (χ1) is 25.2. The van der Waals surface area contributed by atoms with Crippen LogP contribution in [0.2, 0.25) is 0 Å². The fraction of sp³-hybridized carbons (Fsp3) is 0.939. The van der Waals surface area contributed by atoms with Crippen LogP contribution >= 0.6 is 0 Å². The molecule has 0 aromatic rings. The van der Waals surface area contributed by atoms with Crippen LogP contribution in [0.1, 0.15) is 284 Å². The maximum atomic E-state index is 12.0. The summed E-state index contributed by atoms with van der Waals surface area (Å²) in [5.41, 5.74) is 0. The van der Waals surface area contributed by atoms with E-state index in [9.17, 15) is 4.79 Å². The SMILES string of the molecule is CCCCCCCCC=CCCCCCCCCCCCCCC(=O)OCCCCCCCCCCCCCCCCCCCCCCC(C)C. The van der Waals surface area contributed by atoms with E-state index in [4.69, 9.17) is 4.74 Å². The quantitative estimate of drug-likeness (QED) is 0.0356. The van der Waals surface area contributed by atoms with Crippen LogP contribution in [0.25, 0.3) is 0 Å². The van der Waals surface area contributed by atoms with Crippen LogP contribution in [0.3, 0.4) is 0 Å². The Labute approximate surface area is 323 Å². The smallest absolute Gasteiger partial charge is 0.305 e. The van der Waals surface area contributed by atoms with Crippen LogP contribution in [0.4, 0.5) is 0 Å². The van der Waals surface area contributed by atoms with Gasteiger partial charge in [0, 0.05) is 6.42 Å². The van der Waals surface area contributed by atoms with Crippen LogP contribution < -0.4 is 0 Å². The highest BCUT2D eigenvalue weighted by atomic mass is 16.5. The van der Waals surface area contributed by atoms with E-state index in [2.05, 4.69) is 32.9 Å². The molecule has 304 valence electrons. The van der Waals surface area contributed by atoms with Gasteiger partial charge in [-0.15, -0.1) is 0 Å². The monoisotopic (exact) mass is 717 g/mol. The van der Waals surface area contributed by atoms with Crippen molar-refractivity contribution in [1.82, 2.24) is 0 Å². The number of esters is 1. The van der Waals surface area contributed by atoms with Gasteiger partial charge >= 0.3 is 5.97 Å². The van der Waals surface area contributed by atoms with Crippen molar-refractivity contribution < 1.29 is 9.53 Å². The molecule has 0 saturated carbocycles. The predicted molar refractivity (Wildman–Crippen MR) is 230 cm³/mol. The predicted octanol–water partition coefficient (Wildman–Crippen LogP) is 17.8. The Hall–Kier alpha value is -0.790. The molecule has 51 heavy (non-hydrogen) atoms. The van der Waals surface area contributed by atoms with E-state index in [0.29, 0.717) is 13.0 Å². The van der Waals surface area contributed by atoms with Crippen molar-refractivity contribution in [3.05, 3.63) is 12.2 Å². The van der Waals surface area contributed by atoms with E-state index < -0.39 is 0 Å². The Bertz CT molecular complexity index is 667. The maximum absolute atomic E-state index is 12.0. The molecule has 0 atom stereocenters. The normalized spacial score (nSPS) is 11.8. The lowest BCUT2D eigenvalue weighted by molar-refractivity contribution is -0.143. The molecule has 0 spiro atoms. The molecule has 0 radical (unpaired) electrons. The highest BCUT2D eigenvalue weighted by molar-refractivity contribution is 5.69. The van der Waals surface area contributed by atoms with Crippen molar-refractivity contribution in [1.29, 1.82) is 0 Å². The number of rotatable bonds is 44. The first kappa shape index (κ1) is 50.2. The molecule has 0 aromatic carbocycles. The molecule has 0 heterocycles. The number of carbonyl (C=O) groups is 1. The van der Waals surface area contributed by atoms with Crippen LogP contribution in [0, 0.1) is 5.92 Å². The van der Waals surface area contributed by atoms with Gasteiger partial charge in [0.15, 0.2) is 0 Å². The lowest BCUT2D eigenvalue weighted by Crippen LogP contribution is -2.05. The zero-order chi connectivity index (χ0) is 37.0. The molecule has 0 N–H and O–H groups in total. The van der Waals surface area contributed by atoms with E-state index in [1.54, 1.807) is 0 Å². The topological polar surface area (TPSA) is 26.3 Å². The fourth-order valence-corrected chi connectivity index (χ4v) is 7.50. The van der Waals surface area contributed by atoms with Crippen LogP contribution in [0.15, 0.2) is 12.2 Å². The average Bonchev–Trinajstić information content (AvgIpc) is 3.12. The molecule has 0 unspecified atom stereocenters. The summed E-state index contributed by atoms with van der Waals surface area (Å²) in [6.07, 6.45) is 60.4. The summed E-state index contributed by atoms with van der Waals surface area (Å²) in [6, 6.07) is 0. The van der Waals surface area contributed by atoms with Crippen molar-refractivity contribution in [2.45, 2.75) is 284 Å². The first-order valence-electron chi connectivity index (χ1n) is 24.0. The zero-order valence-corrected chi connectivity index (χ0v) is 35.7. The lowest BCUT2D eigenvalue weighted by Gasteiger charge is -2.06. The molecular weight excluding hydrogens is 621 g/mol. The third-order valence-electron chi connectivity index (χ3n) is 11.1. The van der Waals surface area contributed by atoms with Crippen molar-refractivity contribution in [3.63, 3.8) is 0 Å². The molecule has 0 aliphatic carbocycles. The molecule has 0 amide bonds. The Morgan fingerprint density at radius 3 is 1.04 bits per heavy atom. The van der Waals surface area contributed by atoms with E-state index in [1.165, 1.54) is 244 Å². The Morgan fingerprint density at radius 1 is 0.392 bits per heavy atom. The van der Waals surface area contributed by atoms with Gasteiger partial charge in [-0.3, -0.25) is 4.79 Å². The van der Waals surface area contributed by atoms with Gasteiger partial charge in [0.05, 0.1) is 6.61 Å². The molecule has 0 aliphatic heterocycles. The lowest BCUT2D eigenvalue weighted by atomic mass is 10.0. The third-order valence-corrected chi connectivity index (χ3v) is 11.1. The van der Waals surface area contributed by atoms with Crippen LogP contribution in [0.5, 0.6) is 0 Å². The molecule has 0 aliphatic rings. The van der Waals surface area contributed by atoms with Crippen molar-refractivity contribution in [2.75, 3.05) is 6.61 Å². The molecule has 2 nitrogen and oxygen atoms in total. The molecular formula is C49H96O2. The third kappa shape index (κ3) is 47.2. The van der Waals surface area contributed by atoms with Crippen molar-refractivity contribution in [2.24, 2.45) is 5.92 Å². The molecule has 0 aromatic heterocycles. The Kier molecular flexibility index (Phi) is 44.7. The summed E-state index contributed by atoms with van der Waals surface area (Å²) in [6.45, 7) is 7.61. The second-order valence-electron chi connectivity index (χ2n) is 16.9. The Balaban J connectivity index is 3.17. The largest absolute Gasteiger partial charge is 0.466 e. The number of allylic oxidation sites excluding steroid dienone is 2. The number of hydrogen-bond donors (Lipinski definition) is 0. The number of ether oxygens (including phenoxy) is 1. The second-order valence-corrected chi connectivity index (χ2v) is 16.9. The summed E-state index contributed by atoms with van der Waals surface area (Å²) < 4.78 is 5.49. The number of unbranched alkanes of at least 4 members (excludes halogenated alkanes) is 36. The Morgan fingerprint density at radius 2 is 0.686 bits per heavy atom. The summed E-state index contributed by atoms with van der Waals surface area (Å²) >= 11 is 0. The standard InChI is InChI=1S/C49H96O2/c1-4-5-6-7-8-9-10-11-12-13-14-15-19-22-25-28-31-34-37-40-43-46-49(50)51-47-44-41-38-35-32-29-26-23-20-17-16-18-21-24-27-30-33-36-39-42-45-48(2)3/h11-12,48H,4-10,13-47H2,1-3H3. The average molecular weight is 717 g/mol. The van der Waals surface area contributed by atoms with Gasteiger partial charge in [-0.05, 0) is 44.4 Å². The highest BCUT2D eigenvalue weighted by Gasteiger charge is 2.03. The minimum absolute atomic E-state index is 0.0292. The van der Waals surface area contributed by atoms with E-state index in [1.807, 2.05) is 0 Å². The summed E-state index contributed by atoms with van der Waals surface area (Å²) in [4.78, 5) is 12.0. The van der Waals surface area contributed by atoms with Crippen LogP contribution in [-0.2, 0) is 9.53 Å². The summed E-state index contributed by atoms with van der Waals surface area (Å²) in [5, 5.41) is 0. The van der Waals surface area contributed by atoms with Crippen LogP contribution in [-0.4, -0.2) is 12.6 Å². The molecule has 2 heteroatoms. The van der Waals surface area contributed by atoms with E-state index in [-0.39, 0.29) is 5.97 Å². The highest BCUT2D eigenvalue weighted by Crippen LogP contribution is 2.17. The van der Waals surface area contributed by atoms with Crippen molar-refractivity contribution in [3.8, 4) is 0 Å². The number of hydrogen-bond acceptors (Lipinski definition) is 2. The van der Waals surface area contributed by atoms with Crippen molar-refractivity contribution >= 4 is 5.97 Å². The second kappa shape index (κ2) is 45.4. The molecule has 0 saturated heterocycles. The van der Waals surface area contributed by atoms with Gasteiger partial charge < -0.3 is 4.74 Å². The van der Waals surface area contributed by atoms with E-state index >= 15 is 0 Å². The fourth-order valence-electron chi connectivity index (χ4n) is 7.50.